The maximum absolute atomic E-state index is 5.61. The Morgan fingerprint density at radius 1 is 1.33 bits per heavy atom. The molecule has 4 nitrogen and oxygen atoms in total. The van der Waals surface area contributed by atoms with Crippen molar-refractivity contribution in [2.45, 2.75) is 25.7 Å². The maximum Gasteiger partial charge on any atom is 0.149 e. The summed E-state index contributed by atoms with van der Waals surface area (Å²) in [6, 6.07) is 3.65. The van der Waals surface area contributed by atoms with E-state index < -0.39 is 0 Å². The highest BCUT2D eigenvalue weighted by atomic mass is 15.0. The summed E-state index contributed by atoms with van der Waals surface area (Å²) in [4.78, 5) is 4.15. The van der Waals surface area contributed by atoms with Gasteiger partial charge in [-0.1, -0.05) is 12.8 Å². The largest absolute Gasteiger partial charge is 0.396 e. The van der Waals surface area contributed by atoms with E-state index in [4.69, 9.17) is 11.5 Å². The van der Waals surface area contributed by atoms with Crippen LogP contribution >= 0.6 is 0 Å². The van der Waals surface area contributed by atoms with E-state index in [2.05, 4.69) is 10.3 Å². The zero-order chi connectivity index (χ0) is 10.7. The number of nitrogens with zero attached hydrogens (tertiary/aromatic N) is 1. The summed E-state index contributed by atoms with van der Waals surface area (Å²) in [5.74, 6) is 2.22. The molecule has 0 spiro atoms. The zero-order valence-electron chi connectivity index (χ0n) is 8.87. The van der Waals surface area contributed by atoms with Crippen molar-refractivity contribution in [2.75, 3.05) is 23.3 Å². The monoisotopic (exact) mass is 206 g/mol. The molecule has 0 atom stereocenters. The van der Waals surface area contributed by atoms with Crippen molar-refractivity contribution < 1.29 is 0 Å². The molecule has 0 radical (unpaired) electrons. The van der Waals surface area contributed by atoms with Crippen molar-refractivity contribution in [3.63, 3.8) is 0 Å². The molecule has 82 valence electrons. The van der Waals surface area contributed by atoms with Crippen LogP contribution in [-0.4, -0.2) is 11.5 Å². The minimum absolute atomic E-state index is 0.405. The highest BCUT2D eigenvalue weighted by Crippen LogP contribution is 2.33. The van der Waals surface area contributed by atoms with Gasteiger partial charge in [0.15, 0.2) is 0 Å². The minimum Gasteiger partial charge on any atom is -0.396 e. The van der Waals surface area contributed by atoms with E-state index in [-0.39, 0.29) is 0 Å². The smallest absolute Gasteiger partial charge is 0.149 e. The lowest BCUT2D eigenvalue weighted by Crippen LogP contribution is -2.06. The van der Waals surface area contributed by atoms with Gasteiger partial charge < -0.3 is 16.8 Å². The predicted octanol–water partition coefficient (Wildman–Crippen LogP) is 1.85. The molecule has 0 amide bonds. The molecule has 0 saturated heterocycles. The Morgan fingerprint density at radius 3 is 2.80 bits per heavy atom. The third-order valence-electron chi connectivity index (χ3n) is 2.75. The first-order valence-electron chi connectivity index (χ1n) is 5.51. The lowest BCUT2D eigenvalue weighted by atomic mass is 10.2. The van der Waals surface area contributed by atoms with Crippen molar-refractivity contribution in [1.29, 1.82) is 0 Å². The SMILES string of the molecule is Nc1ccc(NCCCC2CC2)nc1N. The van der Waals surface area contributed by atoms with Crippen molar-refractivity contribution in [3.8, 4) is 0 Å². The Hall–Kier alpha value is -1.45. The first-order valence-corrected chi connectivity index (χ1v) is 5.51. The molecule has 1 aliphatic carbocycles. The van der Waals surface area contributed by atoms with Crippen LogP contribution in [0.1, 0.15) is 25.7 Å². The number of hydrogen-bond acceptors (Lipinski definition) is 4. The highest BCUT2D eigenvalue weighted by Gasteiger charge is 2.19. The molecule has 4 heteroatoms. The molecule has 0 unspecified atom stereocenters. The van der Waals surface area contributed by atoms with Gasteiger partial charge >= 0.3 is 0 Å². The van der Waals surface area contributed by atoms with Gasteiger partial charge in [0, 0.05) is 6.54 Å². The molecule has 1 aliphatic rings. The van der Waals surface area contributed by atoms with Crippen LogP contribution in [0, 0.1) is 5.92 Å². The fraction of sp³-hybridized carbons (Fsp3) is 0.545. The van der Waals surface area contributed by atoms with E-state index in [0.29, 0.717) is 11.5 Å². The fourth-order valence-corrected chi connectivity index (χ4v) is 1.60. The molecule has 1 aromatic rings. The molecule has 1 saturated carbocycles. The molecule has 15 heavy (non-hydrogen) atoms. The van der Waals surface area contributed by atoms with Gasteiger partial charge in [0.05, 0.1) is 5.69 Å². The summed E-state index contributed by atoms with van der Waals surface area (Å²) in [6.07, 6.45) is 5.38. The van der Waals surface area contributed by atoms with Crippen LogP contribution < -0.4 is 16.8 Å². The van der Waals surface area contributed by atoms with Gasteiger partial charge in [-0.25, -0.2) is 4.98 Å². The van der Waals surface area contributed by atoms with Crippen LogP contribution in [-0.2, 0) is 0 Å². The Balaban J connectivity index is 1.74. The number of nitrogen functional groups attached to an aromatic ring is 2. The third kappa shape index (κ3) is 3.01. The third-order valence-corrected chi connectivity index (χ3v) is 2.75. The maximum atomic E-state index is 5.61. The summed E-state index contributed by atoms with van der Waals surface area (Å²) >= 11 is 0. The Morgan fingerprint density at radius 2 is 2.13 bits per heavy atom. The lowest BCUT2D eigenvalue weighted by Gasteiger charge is -2.06. The van der Waals surface area contributed by atoms with Crippen LogP contribution in [0.2, 0.25) is 0 Å². The van der Waals surface area contributed by atoms with Gasteiger partial charge in [0.25, 0.3) is 0 Å². The van der Waals surface area contributed by atoms with Crippen LogP contribution in [0.5, 0.6) is 0 Å². The van der Waals surface area contributed by atoms with E-state index in [1.54, 1.807) is 6.07 Å². The zero-order valence-corrected chi connectivity index (χ0v) is 8.87. The minimum atomic E-state index is 0.405. The second-order valence-electron chi connectivity index (χ2n) is 4.18. The first kappa shape index (κ1) is 10.1. The second-order valence-corrected chi connectivity index (χ2v) is 4.18. The molecule has 1 fully saturated rings. The molecule has 2 rings (SSSR count). The van der Waals surface area contributed by atoms with E-state index in [0.717, 1.165) is 18.3 Å². The van der Waals surface area contributed by atoms with Crippen molar-refractivity contribution >= 4 is 17.3 Å². The average molecular weight is 206 g/mol. The summed E-state index contributed by atoms with van der Waals surface area (Å²) in [5, 5.41) is 3.25. The van der Waals surface area contributed by atoms with Gasteiger partial charge in [-0.15, -0.1) is 0 Å². The number of anilines is 3. The van der Waals surface area contributed by atoms with E-state index in [9.17, 15) is 0 Å². The van der Waals surface area contributed by atoms with Gasteiger partial charge in [0.2, 0.25) is 0 Å². The number of pyridine rings is 1. The van der Waals surface area contributed by atoms with E-state index >= 15 is 0 Å². The molecule has 0 aliphatic heterocycles. The average Bonchev–Trinajstić information content (AvgIpc) is 3.02. The standard InChI is InChI=1S/C11H18N4/c12-9-5-6-10(15-11(9)13)14-7-1-2-8-3-4-8/h5-6,8H,1-4,7,12H2,(H3,13,14,15). The fourth-order valence-electron chi connectivity index (χ4n) is 1.60. The summed E-state index contributed by atoms with van der Waals surface area (Å²) in [7, 11) is 0. The van der Waals surface area contributed by atoms with Crippen molar-refractivity contribution in [1.82, 2.24) is 4.98 Å². The van der Waals surface area contributed by atoms with Crippen molar-refractivity contribution in [2.24, 2.45) is 5.92 Å². The van der Waals surface area contributed by atoms with Gasteiger partial charge in [-0.3, -0.25) is 0 Å². The van der Waals surface area contributed by atoms with Crippen LogP contribution in [0.3, 0.4) is 0 Å². The molecule has 5 N–H and O–H groups in total. The van der Waals surface area contributed by atoms with Crippen LogP contribution in [0.4, 0.5) is 17.3 Å². The Bertz CT molecular complexity index is 333. The number of nitrogens with one attached hydrogen (secondary N) is 1. The normalized spacial score (nSPS) is 15.2. The van der Waals surface area contributed by atoms with Crippen LogP contribution in [0.25, 0.3) is 0 Å². The van der Waals surface area contributed by atoms with Crippen molar-refractivity contribution in [3.05, 3.63) is 12.1 Å². The number of aromatic nitrogens is 1. The number of nitrogens with two attached hydrogens (primary N) is 2. The number of hydrogen-bond donors (Lipinski definition) is 3. The van der Waals surface area contributed by atoms with Gasteiger partial charge in [-0.05, 0) is 30.9 Å². The van der Waals surface area contributed by atoms with Gasteiger partial charge in [-0.2, -0.15) is 0 Å². The molecular weight excluding hydrogens is 188 g/mol. The summed E-state index contributed by atoms with van der Waals surface area (Å²) in [6.45, 7) is 0.965. The molecule has 1 aromatic heterocycles. The quantitative estimate of drug-likeness (QED) is 0.642. The predicted molar refractivity (Wildman–Crippen MR) is 63.5 cm³/mol. The number of rotatable bonds is 5. The molecule has 0 bridgehead atoms. The second kappa shape index (κ2) is 4.38. The molecule has 0 aromatic carbocycles. The summed E-state index contributed by atoms with van der Waals surface area (Å²) in [5.41, 5.74) is 11.7. The Labute approximate surface area is 90.1 Å². The Kier molecular flexibility index (Phi) is 2.94. The summed E-state index contributed by atoms with van der Waals surface area (Å²) < 4.78 is 0. The topological polar surface area (TPSA) is 77.0 Å². The molecular formula is C11H18N4. The van der Waals surface area contributed by atoms with E-state index in [1.165, 1.54) is 25.7 Å². The lowest BCUT2D eigenvalue weighted by molar-refractivity contribution is 0.686. The van der Waals surface area contributed by atoms with Gasteiger partial charge in [0.1, 0.15) is 11.6 Å². The van der Waals surface area contributed by atoms with E-state index in [1.807, 2.05) is 6.07 Å². The first-order chi connectivity index (χ1) is 7.25. The highest BCUT2D eigenvalue weighted by molar-refractivity contribution is 5.61. The van der Waals surface area contributed by atoms with Crippen LogP contribution in [0.15, 0.2) is 12.1 Å². The molecule has 1 heterocycles.